The third kappa shape index (κ3) is 2.93. The average molecular weight is 432 g/mol. The summed E-state index contributed by atoms with van der Waals surface area (Å²) in [5, 5.41) is 10.7. The standard InChI is InChI=1S/C22H10F2N4O2S/c23-15-5-12(8-25)14(6-16(15)24)19-7-17-20(31-19)21(29)28(22(30)27-17)18-10-26-9-11-3-1-2-4-13(11)18/h1-7,9-10H,(H,27,30). The van der Waals surface area contributed by atoms with Crippen molar-refractivity contribution in [2.45, 2.75) is 0 Å². The summed E-state index contributed by atoms with van der Waals surface area (Å²) in [6.07, 6.45) is 3.06. The summed E-state index contributed by atoms with van der Waals surface area (Å²) in [4.78, 5) is 33.2. The molecule has 0 amide bonds. The monoisotopic (exact) mass is 432 g/mol. The van der Waals surface area contributed by atoms with Crippen LogP contribution in [-0.2, 0) is 0 Å². The fourth-order valence-corrected chi connectivity index (χ4v) is 4.56. The highest BCUT2D eigenvalue weighted by molar-refractivity contribution is 7.22. The van der Waals surface area contributed by atoms with Gasteiger partial charge in [-0.25, -0.2) is 18.1 Å². The summed E-state index contributed by atoms with van der Waals surface area (Å²) in [5.41, 5.74) is -0.604. The molecule has 3 aromatic heterocycles. The molecule has 150 valence electrons. The number of thiophene rings is 1. The van der Waals surface area contributed by atoms with Crippen LogP contribution in [0.15, 0.2) is 64.4 Å². The number of rotatable bonds is 2. The van der Waals surface area contributed by atoms with E-state index in [1.807, 2.05) is 18.2 Å². The molecule has 0 atom stereocenters. The van der Waals surface area contributed by atoms with Crippen molar-refractivity contribution < 1.29 is 8.78 Å². The molecular weight excluding hydrogens is 422 g/mol. The quantitative estimate of drug-likeness (QED) is 0.455. The predicted octanol–water partition coefficient (Wildman–Crippen LogP) is 4.11. The molecule has 0 aliphatic carbocycles. The number of benzene rings is 2. The van der Waals surface area contributed by atoms with E-state index in [1.54, 1.807) is 18.3 Å². The maximum Gasteiger partial charge on any atom is 0.333 e. The van der Waals surface area contributed by atoms with Gasteiger partial charge in [0.1, 0.15) is 4.70 Å². The van der Waals surface area contributed by atoms with Crippen molar-refractivity contribution in [3.63, 3.8) is 0 Å². The lowest BCUT2D eigenvalue weighted by atomic mass is 10.1. The van der Waals surface area contributed by atoms with E-state index in [2.05, 4.69) is 9.97 Å². The Kier molecular flexibility index (Phi) is 4.23. The van der Waals surface area contributed by atoms with Gasteiger partial charge in [-0.05, 0) is 18.2 Å². The van der Waals surface area contributed by atoms with E-state index in [0.717, 1.165) is 33.4 Å². The van der Waals surface area contributed by atoms with E-state index in [-0.39, 0.29) is 21.3 Å². The summed E-state index contributed by atoms with van der Waals surface area (Å²) in [6.45, 7) is 0. The SMILES string of the molecule is N#Cc1cc(F)c(F)cc1-c1cc2[nH]c(=O)n(-c3cncc4ccccc34)c(=O)c2s1. The van der Waals surface area contributed by atoms with Gasteiger partial charge >= 0.3 is 5.69 Å². The number of nitrogens with zero attached hydrogens (tertiary/aromatic N) is 3. The van der Waals surface area contributed by atoms with Gasteiger partial charge in [-0.1, -0.05) is 24.3 Å². The number of hydrogen-bond donors (Lipinski definition) is 1. The molecule has 3 heterocycles. The van der Waals surface area contributed by atoms with Crippen LogP contribution in [0.25, 0.3) is 37.1 Å². The molecule has 31 heavy (non-hydrogen) atoms. The van der Waals surface area contributed by atoms with Crippen molar-refractivity contribution in [2.24, 2.45) is 0 Å². The van der Waals surface area contributed by atoms with Crippen molar-refractivity contribution in [2.75, 3.05) is 0 Å². The number of nitrogens with one attached hydrogen (secondary N) is 1. The summed E-state index contributed by atoms with van der Waals surface area (Å²) in [5.74, 6) is -2.25. The van der Waals surface area contributed by atoms with Gasteiger partial charge in [0.15, 0.2) is 11.6 Å². The number of H-pyrrole nitrogens is 1. The maximum atomic E-state index is 13.8. The number of hydrogen-bond acceptors (Lipinski definition) is 5. The second-order valence-corrected chi connectivity index (χ2v) is 7.78. The largest absolute Gasteiger partial charge is 0.333 e. The Hall–Kier alpha value is -4.16. The van der Waals surface area contributed by atoms with E-state index in [1.165, 1.54) is 12.3 Å². The molecule has 0 saturated heterocycles. The fraction of sp³-hybridized carbons (Fsp3) is 0. The lowest BCUT2D eigenvalue weighted by molar-refractivity contribution is 0.509. The fourth-order valence-electron chi connectivity index (χ4n) is 3.48. The van der Waals surface area contributed by atoms with Crippen LogP contribution in [0.5, 0.6) is 0 Å². The lowest BCUT2D eigenvalue weighted by Crippen LogP contribution is -2.33. The van der Waals surface area contributed by atoms with E-state index in [0.29, 0.717) is 16.0 Å². The molecule has 5 aromatic rings. The minimum absolute atomic E-state index is 0.0774. The minimum Gasteiger partial charge on any atom is -0.306 e. The van der Waals surface area contributed by atoms with E-state index >= 15 is 0 Å². The van der Waals surface area contributed by atoms with E-state index in [4.69, 9.17) is 0 Å². The van der Waals surface area contributed by atoms with Crippen molar-refractivity contribution in [3.8, 4) is 22.2 Å². The molecule has 0 saturated carbocycles. The van der Waals surface area contributed by atoms with Crippen LogP contribution in [0.1, 0.15) is 5.56 Å². The van der Waals surface area contributed by atoms with Crippen LogP contribution < -0.4 is 11.2 Å². The molecule has 0 bridgehead atoms. The molecule has 0 fully saturated rings. The molecule has 0 radical (unpaired) electrons. The van der Waals surface area contributed by atoms with Crippen molar-refractivity contribution >= 4 is 32.3 Å². The molecule has 0 spiro atoms. The van der Waals surface area contributed by atoms with Crippen LogP contribution in [0.4, 0.5) is 8.78 Å². The number of pyridine rings is 1. The average Bonchev–Trinajstić information content (AvgIpc) is 3.19. The zero-order chi connectivity index (χ0) is 21.7. The van der Waals surface area contributed by atoms with Gasteiger partial charge in [0.2, 0.25) is 0 Å². The van der Waals surface area contributed by atoms with Crippen molar-refractivity contribution in [1.29, 1.82) is 5.26 Å². The predicted molar refractivity (Wildman–Crippen MR) is 113 cm³/mol. The Bertz CT molecular complexity index is 1670. The van der Waals surface area contributed by atoms with Gasteiger partial charge in [-0.3, -0.25) is 9.78 Å². The number of fused-ring (bicyclic) bond motifs is 2. The first-order valence-corrected chi connectivity index (χ1v) is 9.81. The summed E-state index contributed by atoms with van der Waals surface area (Å²) in [7, 11) is 0. The van der Waals surface area contributed by atoms with E-state index in [9.17, 15) is 23.6 Å². The third-order valence-corrected chi connectivity index (χ3v) is 6.06. The molecule has 0 aliphatic rings. The summed E-state index contributed by atoms with van der Waals surface area (Å²) in [6, 6.07) is 12.2. The first kappa shape index (κ1) is 18.8. The highest BCUT2D eigenvalue weighted by Gasteiger charge is 2.18. The Morgan fingerprint density at radius 3 is 2.65 bits per heavy atom. The maximum absolute atomic E-state index is 13.8. The second kappa shape index (κ2) is 6.97. The Balaban J connectivity index is 1.79. The smallest absolute Gasteiger partial charge is 0.306 e. The van der Waals surface area contributed by atoms with Crippen molar-refractivity contribution in [1.82, 2.24) is 14.5 Å². The lowest BCUT2D eigenvalue weighted by Gasteiger charge is -2.07. The normalized spacial score (nSPS) is 11.1. The highest BCUT2D eigenvalue weighted by atomic mass is 32.1. The first-order valence-electron chi connectivity index (χ1n) is 8.99. The molecule has 2 aromatic carbocycles. The Labute approximate surface area is 176 Å². The molecule has 0 unspecified atom stereocenters. The van der Waals surface area contributed by atoms with Gasteiger partial charge in [0.05, 0.1) is 29.0 Å². The number of aromatic nitrogens is 3. The highest BCUT2D eigenvalue weighted by Crippen LogP contribution is 2.34. The minimum atomic E-state index is -1.14. The molecule has 5 rings (SSSR count). The molecule has 0 aliphatic heterocycles. The molecule has 6 nitrogen and oxygen atoms in total. The number of aromatic amines is 1. The number of nitriles is 1. The van der Waals surface area contributed by atoms with Crippen LogP contribution in [0.3, 0.4) is 0 Å². The van der Waals surface area contributed by atoms with Crippen LogP contribution in [-0.4, -0.2) is 14.5 Å². The summed E-state index contributed by atoms with van der Waals surface area (Å²) >= 11 is 0.980. The van der Waals surface area contributed by atoms with Crippen LogP contribution >= 0.6 is 11.3 Å². The molecular formula is C22H10F2N4O2S. The molecule has 1 N–H and O–H groups in total. The van der Waals surface area contributed by atoms with E-state index < -0.39 is 22.9 Å². The Morgan fingerprint density at radius 1 is 1.06 bits per heavy atom. The Morgan fingerprint density at radius 2 is 1.84 bits per heavy atom. The first-order chi connectivity index (χ1) is 15.0. The summed E-state index contributed by atoms with van der Waals surface area (Å²) < 4.78 is 28.5. The zero-order valence-corrected chi connectivity index (χ0v) is 16.3. The van der Waals surface area contributed by atoms with Crippen molar-refractivity contribution in [3.05, 3.63) is 92.9 Å². The van der Waals surface area contributed by atoms with Gasteiger partial charge in [-0.2, -0.15) is 5.26 Å². The number of halogens is 2. The van der Waals surface area contributed by atoms with Gasteiger partial charge in [0, 0.05) is 27.4 Å². The third-order valence-electron chi connectivity index (χ3n) is 4.91. The van der Waals surface area contributed by atoms with Gasteiger partial charge < -0.3 is 4.98 Å². The van der Waals surface area contributed by atoms with Crippen LogP contribution in [0, 0.1) is 23.0 Å². The van der Waals surface area contributed by atoms with Gasteiger partial charge in [0.25, 0.3) is 5.56 Å². The second-order valence-electron chi connectivity index (χ2n) is 6.73. The topological polar surface area (TPSA) is 91.5 Å². The zero-order valence-electron chi connectivity index (χ0n) is 15.5. The molecule has 9 heteroatoms. The van der Waals surface area contributed by atoms with Crippen LogP contribution in [0.2, 0.25) is 0 Å². The van der Waals surface area contributed by atoms with Gasteiger partial charge in [-0.15, -0.1) is 11.3 Å².